The van der Waals surface area contributed by atoms with Gasteiger partial charge >= 0.3 is 0 Å². The van der Waals surface area contributed by atoms with E-state index in [1.54, 1.807) is 0 Å². The summed E-state index contributed by atoms with van der Waals surface area (Å²) in [6.45, 7) is 15.5. The summed E-state index contributed by atoms with van der Waals surface area (Å²) in [5.74, 6) is 1.56. The average molecular weight is 297 g/mol. The number of unbranched alkanes of at least 4 members (excludes halogenated alkanes) is 5. The minimum Gasteiger partial charge on any atom is -0.311 e. The van der Waals surface area contributed by atoms with Crippen LogP contribution in [0.1, 0.15) is 79.6 Å². The SMILES string of the molecule is CCCCCCCCN1CC(C(C)C)NCC1C(C)CC. The molecular formula is C19H40N2. The summed E-state index contributed by atoms with van der Waals surface area (Å²) >= 11 is 0. The number of hydrogen-bond acceptors (Lipinski definition) is 2. The van der Waals surface area contributed by atoms with Crippen LogP contribution in [0.5, 0.6) is 0 Å². The molecule has 1 saturated heterocycles. The average Bonchev–Trinajstić information content (AvgIpc) is 2.49. The Morgan fingerprint density at radius 1 is 1.00 bits per heavy atom. The third kappa shape index (κ3) is 6.69. The van der Waals surface area contributed by atoms with E-state index in [2.05, 4.69) is 44.8 Å². The monoisotopic (exact) mass is 296 g/mol. The van der Waals surface area contributed by atoms with E-state index in [0.717, 1.165) is 17.9 Å². The molecule has 0 aromatic carbocycles. The summed E-state index contributed by atoms with van der Waals surface area (Å²) in [6, 6.07) is 1.44. The van der Waals surface area contributed by atoms with Crippen molar-refractivity contribution in [3.05, 3.63) is 0 Å². The lowest BCUT2D eigenvalue weighted by Gasteiger charge is -2.44. The van der Waals surface area contributed by atoms with Crippen LogP contribution in [0.15, 0.2) is 0 Å². The number of rotatable bonds is 10. The second-order valence-electron chi connectivity index (χ2n) is 7.47. The molecule has 3 unspecified atom stereocenters. The van der Waals surface area contributed by atoms with E-state index in [1.807, 2.05) is 0 Å². The van der Waals surface area contributed by atoms with Crippen molar-refractivity contribution in [2.75, 3.05) is 19.6 Å². The van der Waals surface area contributed by atoms with Gasteiger partial charge in [-0.05, 0) is 24.8 Å². The number of hydrogen-bond donors (Lipinski definition) is 1. The van der Waals surface area contributed by atoms with Crippen molar-refractivity contribution in [3.63, 3.8) is 0 Å². The van der Waals surface area contributed by atoms with Gasteiger partial charge in [-0.3, -0.25) is 4.90 Å². The van der Waals surface area contributed by atoms with Crippen LogP contribution in [0.25, 0.3) is 0 Å². The van der Waals surface area contributed by atoms with E-state index >= 15 is 0 Å². The second-order valence-corrected chi connectivity index (χ2v) is 7.47. The fourth-order valence-corrected chi connectivity index (χ4v) is 3.49. The van der Waals surface area contributed by atoms with Gasteiger partial charge in [-0.25, -0.2) is 0 Å². The summed E-state index contributed by atoms with van der Waals surface area (Å²) in [6.07, 6.45) is 9.74. The van der Waals surface area contributed by atoms with Gasteiger partial charge in [0.25, 0.3) is 0 Å². The molecule has 21 heavy (non-hydrogen) atoms. The molecule has 0 spiro atoms. The Morgan fingerprint density at radius 3 is 2.29 bits per heavy atom. The number of nitrogens with zero attached hydrogens (tertiary/aromatic N) is 1. The highest BCUT2D eigenvalue weighted by Crippen LogP contribution is 2.21. The van der Waals surface area contributed by atoms with E-state index < -0.39 is 0 Å². The Labute approximate surface area is 134 Å². The topological polar surface area (TPSA) is 15.3 Å². The highest BCUT2D eigenvalue weighted by Gasteiger charge is 2.31. The van der Waals surface area contributed by atoms with Gasteiger partial charge in [-0.1, -0.05) is 73.1 Å². The fraction of sp³-hybridized carbons (Fsp3) is 1.00. The first kappa shape index (κ1) is 19.0. The van der Waals surface area contributed by atoms with E-state index in [0.29, 0.717) is 6.04 Å². The zero-order valence-corrected chi connectivity index (χ0v) is 15.3. The molecule has 0 amide bonds. The Bertz CT molecular complexity index is 252. The first-order valence-electron chi connectivity index (χ1n) is 9.57. The van der Waals surface area contributed by atoms with Crippen molar-refractivity contribution in [1.29, 1.82) is 0 Å². The van der Waals surface area contributed by atoms with Crippen LogP contribution in [0.2, 0.25) is 0 Å². The predicted molar refractivity (Wildman–Crippen MR) is 94.8 cm³/mol. The quantitative estimate of drug-likeness (QED) is 0.588. The summed E-state index contributed by atoms with van der Waals surface area (Å²) < 4.78 is 0. The third-order valence-corrected chi connectivity index (χ3v) is 5.39. The molecule has 2 nitrogen and oxygen atoms in total. The predicted octanol–water partition coefficient (Wildman–Crippen LogP) is 4.69. The maximum absolute atomic E-state index is 3.79. The molecule has 1 fully saturated rings. The summed E-state index contributed by atoms with van der Waals surface area (Å²) in [7, 11) is 0. The Balaban J connectivity index is 2.39. The largest absolute Gasteiger partial charge is 0.311 e. The van der Waals surface area contributed by atoms with Crippen molar-refractivity contribution < 1.29 is 0 Å². The van der Waals surface area contributed by atoms with Crippen LogP contribution < -0.4 is 5.32 Å². The fourth-order valence-electron chi connectivity index (χ4n) is 3.49. The van der Waals surface area contributed by atoms with E-state index in [1.165, 1.54) is 64.6 Å². The first-order chi connectivity index (χ1) is 10.1. The molecule has 1 N–H and O–H groups in total. The minimum atomic E-state index is 0.686. The summed E-state index contributed by atoms with van der Waals surface area (Å²) in [5, 5.41) is 3.79. The smallest absolute Gasteiger partial charge is 0.0246 e. The molecule has 126 valence electrons. The molecule has 0 aromatic heterocycles. The maximum atomic E-state index is 3.79. The molecule has 0 bridgehead atoms. The first-order valence-corrected chi connectivity index (χ1v) is 9.57. The lowest BCUT2D eigenvalue weighted by atomic mass is 9.91. The Morgan fingerprint density at radius 2 is 1.67 bits per heavy atom. The van der Waals surface area contributed by atoms with Gasteiger partial charge < -0.3 is 5.32 Å². The number of piperazine rings is 1. The van der Waals surface area contributed by atoms with Crippen molar-refractivity contribution in [2.45, 2.75) is 91.6 Å². The maximum Gasteiger partial charge on any atom is 0.0246 e. The van der Waals surface area contributed by atoms with E-state index in [9.17, 15) is 0 Å². The van der Waals surface area contributed by atoms with Crippen molar-refractivity contribution in [3.8, 4) is 0 Å². The minimum absolute atomic E-state index is 0.686. The van der Waals surface area contributed by atoms with Crippen LogP contribution in [0.4, 0.5) is 0 Å². The number of nitrogens with one attached hydrogen (secondary N) is 1. The van der Waals surface area contributed by atoms with E-state index in [4.69, 9.17) is 0 Å². The molecule has 1 rings (SSSR count). The molecule has 1 aliphatic rings. The van der Waals surface area contributed by atoms with Crippen LogP contribution >= 0.6 is 0 Å². The van der Waals surface area contributed by atoms with Crippen LogP contribution in [-0.4, -0.2) is 36.6 Å². The zero-order chi connectivity index (χ0) is 15.7. The third-order valence-electron chi connectivity index (χ3n) is 5.39. The molecule has 0 radical (unpaired) electrons. The van der Waals surface area contributed by atoms with Crippen molar-refractivity contribution in [1.82, 2.24) is 10.2 Å². The van der Waals surface area contributed by atoms with Gasteiger partial charge in [0.05, 0.1) is 0 Å². The molecule has 1 aliphatic heterocycles. The van der Waals surface area contributed by atoms with Crippen molar-refractivity contribution in [2.24, 2.45) is 11.8 Å². The van der Waals surface area contributed by atoms with Crippen LogP contribution in [0.3, 0.4) is 0 Å². The van der Waals surface area contributed by atoms with Gasteiger partial charge in [-0.15, -0.1) is 0 Å². The van der Waals surface area contributed by atoms with Crippen LogP contribution in [0, 0.1) is 11.8 Å². The summed E-state index contributed by atoms with van der Waals surface area (Å²) in [4.78, 5) is 2.80. The molecule has 3 atom stereocenters. The standard InChI is InChI=1S/C19H40N2/c1-6-8-9-10-11-12-13-21-15-18(16(3)4)20-14-19(21)17(5)7-2/h16-20H,6-15H2,1-5H3. The van der Waals surface area contributed by atoms with Gasteiger partial charge in [-0.2, -0.15) is 0 Å². The van der Waals surface area contributed by atoms with Gasteiger partial charge in [0.2, 0.25) is 0 Å². The van der Waals surface area contributed by atoms with Gasteiger partial charge in [0.1, 0.15) is 0 Å². The highest BCUT2D eigenvalue weighted by atomic mass is 15.2. The van der Waals surface area contributed by atoms with Crippen molar-refractivity contribution >= 4 is 0 Å². The molecule has 0 aromatic rings. The molecule has 0 aliphatic carbocycles. The molecule has 2 heteroatoms. The molecule has 0 saturated carbocycles. The molecule has 1 heterocycles. The van der Waals surface area contributed by atoms with Gasteiger partial charge in [0, 0.05) is 25.2 Å². The zero-order valence-electron chi connectivity index (χ0n) is 15.3. The second kappa shape index (κ2) is 10.6. The van der Waals surface area contributed by atoms with E-state index in [-0.39, 0.29) is 0 Å². The normalized spacial score (nSPS) is 25.4. The summed E-state index contributed by atoms with van der Waals surface area (Å²) in [5.41, 5.74) is 0. The lowest BCUT2D eigenvalue weighted by molar-refractivity contribution is 0.0772. The van der Waals surface area contributed by atoms with Crippen LogP contribution in [-0.2, 0) is 0 Å². The molecular weight excluding hydrogens is 256 g/mol. The Hall–Kier alpha value is -0.0800. The highest BCUT2D eigenvalue weighted by molar-refractivity contribution is 4.89. The lowest BCUT2D eigenvalue weighted by Crippen LogP contribution is -2.60. The Kier molecular flexibility index (Phi) is 9.59. The van der Waals surface area contributed by atoms with Gasteiger partial charge in [0.15, 0.2) is 0 Å².